The van der Waals surface area contributed by atoms with Gasteiger partial charge < -0.3 is 15.2 Å². The molecule has 1 saturated heterocycles. The van der Waals surface area contributed by atoms with E-state index in [-0.39, 0.29) is 6.04 Å². The van der Waals surface area contributed by atoms with E-state index in [0.717, 1.165) is 49.2 Å². The van der Waals surface area contributed by atoms with E-state index in [1.807, 2.05) is 48.5 Å². The number of carbonyl (C=O) groups excluding carboxylic acids is 1. The van der Waals surface area contributed by atoms with E-state index in [1.54, 1.807) is 0 Å². The summed E-state index contributed by atoms with van der Waals surface area (Å²) in [6, 6.07) is 17.9. The number of hydrogen-bond acceptors (Lipinski definition) is 5. The SMILES string of the molecule is N#Cc1ccc(-c2ccc(OCCCN3CCCC3COC(N)=O)cc2)cc1. The summed E-state index contributed by atoms with van der Waals surface area (Å²) in [5.41, 5.74) is 7.87. The van der Waals surface area contributed by atoms with Gasteiger partial charge in [0, 0.05) is 12.6 Å². The van der Waals surface area contributed by atoms with Crippen LogP contribution in [0.15, 0.2) is 48.5 Å². The molecule has 1 amide bonds. The Balaban J connectivity index is 1.42. The zero-order valence-corrected chi connectivity index (χ0v) is 15.8. The van der Waals surface area contributed by atoms with E-state index in [4.69, 9.17) is 20.5 Å². The molecule has 1 atom stereocenters. The van der Waals surface area contributed by atoms with Crippen LogP contribution in [0.2, 0.25) is 0 Å². The molecule has 1 aliphatic rings. The van der Waals surface area contributed by atoms with Gasteiger partial charge in [-0.3, -0.25) is 4.90 Å². The second-order valence-corrected chi connectivity index (χ2v) is 6.88. The fraction of sp³-hybridized carbons (Fsp3) is 0.364. The summed E-state index contributed by atoms with van der Waals surface area (Å²) in [5.74, 6) is 0.840. The second kappa shape index (κ2) is 9.77. The predicted molar refractivity (Wildman–Crippen MR) is 107 cm³/mol. The highest BCUT2D eigenvalue weighted by atomic mass is 16.5. The summed E-state index contributed by atoms with van der Waals surface area (Å²) in [6.45, 7) is 2.94. The number of nitriles is 1. The Kier molecular flexibility index (Phi) is 6.88. The van der Waals surface area contributed by atoms with Gasteiger partial charge in [0.1, 0.15) is 12.4 Å². The van der Waals surface area contributed by atoms with E-state index in [2.05, 4.69) is 11.0 Å². The number of benzene rings is 2. The number of likely N-dealkylation sites (tertiary alicyclic amines) is 1. The minimum absolute atomic E-state index is 0.263. The number of nitrogens with zero attached hydrogens (tertiary/aromatic N) is 2. The fourth-order valence-corrected chi connectivity index (χ4v) is 3.50. The molecule has 0 spiro atoms. The zero-order valence-electron chi connectivity index (χ0n) is 15.8. The molecule has 0 saturated carbocycles. The molecule has 1 fully saturated rings. The second-order valence-electron chi connectivity index (χ2n) is 6.88. The van der Waals surface area contributed by atoms with Gasteiger partial charge in [-0.05, 0) is 61.2 Å². The van der Waals surface area contributed by atoms with Crippen LogP contribution in [0.3, 0.4) is 0 Å². The summed E-state index contributed by atoms with van der Waals surface area (Å²) in [5, 5.41) is 8.88. The monoisotopic (exact) mass is 379 g/mol. The van der Waals surface area contributed by atoms with Crippen molar-refractivity contribution < 1.29 is 14.3 Å². The van der Waals surface area contributed by atoms with Gasteiger partial charge in [0.05, 0.1) is 18.2 Å². The molecule has 6 nitrogen and oxygen atoms in total. The van der Waals surface area contributed by atoms with E-state index >= 15 is 0 Å². The van der Waals surface area contributed by atoms with E-state index in [0.29, 0.717) is 18.8 Å². The smallest absolute Gasteiger partial charge is 0.404 e. The fourth-order valence-electron chi connectivity index (χ4n) is 3.50. The lowest BCUT2D eigenvalue weighted by atomic mass is 10.0. The number of nitrogens with two attached hydrogens (primary N) is 1. The highest BCUT2D eigenvalue weighted by Crippen LogP contribution is 2.23. The third-order valence-electron chi connectivity index (χ3n) is 4.98. The van der Waals surface area contributed by atoms with Crippen LogP contribution >= 0.6 is 0 Å². The first kappa shape index (κ1) is 19.7. The Bertz CT molecular complexity index is 812. The summed E-state index contributed by atoms with van der Waals surface area (Å²) >= 11 is 0. The molecule has 6 heteroatoms. The third kappa shape index (κ3) is 5.48. The van der Waals surface area contributed by atoms with Gasteiger partial charge in [0.2, 0.25) is 0 Å². The lowest BCUT2D eigenvalue weighted by Crippen LogP contribution is -2.35. The maximum absolute atomic E-state index is 10.8. The predicted octanol–water partition coefficient (Wildman–Crippen LogP) is 3.55. The van der Waals surface area contributed by atoms with E-state index in [1.165, 1.54) is 0 Å². The summed E-state index contributed by atoms with van der Waals surface area (Å²) in [6.07, 6.45) is 2.35. The van der Waals surface area contributed by atoms with Gasteiger partial charge in [0.25, 0.3) is 0 Å². The number of primary amides is 1. The van der Waals surface area contributed by atoms with E-state index in [9.17, 15) is 4.79 Å². The van der Waals surface area contributed by atoms with Gasteiger partial charge >= 0.3 is 6.09 Å². The van der Waals surface area contributed by atoms with Crippen molar-refractivity contribution in [1.82, 2.24) is 4.90 Å². The Morgan fingerprint density at radius 1 is 1.14 bits per heavy atom. The topological polar surface area (TPSA) is 88.6 Å². The van der Waals surface area contributed by atoms with Crippen LogP contribution in [0.4, 0.5) is 4.79 Å². The van der Waals surface area contributed by atoms with Crippen LogP contribution in [0.1, 0.15) is 24.8 Å². The van der Waals surface area contributed by atoms with Crippen molar-refractivity contribution in [2.24, 2.45) is 5.73 Å². The standard InChI is InChI=1S/C22H25N3O3/c23-15-17-4-6-18(7-5-17)19-8-10-21(11-9-19)27-14-2-13-25-12-1-3-20(25)16-28-22(24)26/h4-11,20H,1-3,12-14,16H2,(H2,24,26). The molecule has 1 aliphatic heterocycles. The normalized spacial score (nSPS) is 16.5. The molecular weight excluding hydrogens is 354 g/mol. The quantitative estimate of drug-likeness (QED) is 0.709. The first-order valence-electron chi connectivity index (χ1n) is 9.55. The molecule has 0 aliphatic carbocycles. The summed E-state index contributed by atoms with van der Waals surface area (Å²) in [7, 11) is 0. The molecule has 0 bridgehead atoms. The number of ether oxygens (including phenoxy) is 2. The maximum Gasteiger partial charge on any atom is 0.404 e. The van der Waals surface area contributed by atoms with Crippen molar-refractivity contribution in [3.8, 4) is 22.9 Å². The zero-order chi connectivity index (χ0) is 19.8. The van der Waals surface area contributed by atoms with Crippen LogP contribution in [0, 0.1) is 11.3 Å². The average Bonchev–Trinajstić information content (AvgIpc) is 3.17. The first-order valence-corrected chi connectivity index (χ1v) is 9.55. The highest BCUT2D eigenvalue weighted by molar-refractivity contribution is 5.65. The Labute approximate surface area is 165 Å². The van der Waals surface area contributed by atoms with Gasteiger partial charge in [-0.25, -0.2) is 4.79 Å². The molecule has 0 aromatic heterocycles. The minimum atomic E-state index is -0.709. The number of hydrogen-bond donors (Lipinski definition) is 1. The molecule has 28 heavy (non-hydrogen) atoms. The van der Waals surface area contributed by atoms with Crippen molar-refractivity contribution in [1.29, 1.82) is 5.26 Å². The summed E-state index contributed by atoms with van der Waals surface area (Å²) < 4.78 is 10.8. The van der Waals surface area contributed by atoms with Crippen molar-refractivity contribution in [2.45, 2.75) is 25.3 Å². The molecule has 1 unspecified atom stereocenters. The van der Waals surface area contributed by atoms with Crippen molar-refractivity contribution >= 4 is 6.09 Å². The van der Waals surface area contributed by atoms with Crippen LogP contribution in [0.5, 0.6) is 5.75 Å². The lowest BCUT2D eigenvalue weighted by molar-refractivity contribution is 0.111. The number of amides is 1. The van der Waals surface area contributed by atoms with E-state index < -0.39 is 6.09 Å². The van der Waals surface area contributed by atoms with Gasteiger partial charge in [-0.1, -0.05) is 24.3 Å². The van der Waals surface area contributed by atoms with Crippen LogP contribution in [-0.4, -0.2) is 43.3 Å². The minimum Gasteiger partial charge on any atom is -0.494 e. The van der Waals surface area contributed by atoms with Crippen molar-refractivity contribution in [3.63, 3.8) is 0 Å². The first-order chi connectivity index (χ1) is 13.7. The Morgan fingerprint density at radius 3 is 2.46 bits per heavy atom. The average molecular weight is 379 g/mol. The van der Waals surface area contributed by atoms with Crippen LogP contribution in [-0.2, 0) is 4.74 Å². The molecule has 2 aromatic carbocycles. The largest absolute Gasteiger partial charge is 0.494 e. The molecule has 146 valence electrons. The number of rotatable bonds is 8. The highest BCUT2D eigenvalue weighted by Gasteiger charge is 2.24. The van der Waals surface area contributed by atoms with Crippen molar-refractivity contribution in [3.05, 3.63) is 54.1 Å². The van der Waals surface area contributed by atoms with Gasteiger partial charge in [-0.2, -0.15) is 5.26 Å². The van der Waals surface area contributed by atoms with Crippen LogP contribution in [0.25, 0.3) is 11.1 Å². The van der Waals surface area contributed by atoms with Gasteiger partial charge in [-0.15, -0.1) is 0 Å². The third-order valence-corrected chi connectivity index (χ3v) is 4.98. The molecule has 2 aromatic rings. The maximum atomic E-state index is 10.8. The number of carbonyl (C=O) groups is 1. The van der Waals surface area contributed by atoms with Gasteiger partial charge in [0.15, 0.2) is 0 Å². The Hall–Kier alpha value is -3.04. The molecule has 1 heterocycles. The summed E-state index contributed by atoms with van der Waals surface area (Å²) in [4.78, 5) is 13.1. The lowest BCUT2D eigenvalue weighted by Gasteiger charge is -2.23. The Morgan fingerprint density at radius 2 is 1.82 bits per heavy atom. The molecule has 2 N–H and O–H groups in total. The molecule has 0 radical (unpaired) electrons. The van der Waals surface area contributed by atoms with Crippen LogP contribution < -0.4 is 10.5 Å². The van der Waals surface area contributed by atoms with Crippen molar-refractivity contribution in [2.75, 3.05) is 26.3 Å². The molecule has 3 rings (SSSR count). The molecular formula is C22H25N3O3.